The van der Waals surface area contributed by atoms with Crippen LogP contribution in [0.4, 0.5) is 11.4 Å². The highest BCUT2D eigenvalue weighted by Gasteiger charge is 2.18. The van der Waals surface area contributed by atoms with Gasteiger partial charge in [-0.1, -0.05) is 17.7 Å². The predicted octanol–water partition coefficient (Wildman–Crippen LogP) is 2.75. The van der Waals surface area contributed by atoms with Crippen LogP contribution >= 0.6 is 0 Å². The molecule has 32 heavy (non-hydrogen) atoms. The molecular weight excluding hydrogens is 436 g/mol. The van der Waals surface area contributed by atoms with E-state index in [4.69, 9.17) is 0 Å². The molecular formula is C22H26N2O7S. The minimum Gasteiger partial charge on any atom is -0.465 e. The number of amides is 1. The van der Waals surface area contributed by atoms with Gasteiger partial charge in [0.25, 0.3) is 0 Å². The highest BCUT2D eigenvalue weighted by Crippen LogP contribution is 2.20. The molecule has 10 heteroatoms. The predicted molar refractivity (Wildman–Crippen MR) is 120 cm³/mol. The zero-order chi connectivity index (χ0) is 23.9. The molecule has 0 bridgehead atoms. The number of carbonyl (C=O) groups excluding carboxylic acids is 3. The van der Waals surface area contributed by atoms with E-state index in [2.05, 4.69) is 14.8 Å². The Hall–Kier alpha value is -3.40. The SMILES string of the molecule is COC(=O)c1cc(NC(=O)CCCN(c2ccc(C)cc2)S(C)(=O)=O)cc(C(=O)OC)c1. The third-order valence-corrected chi connectivity index (χ3v) is 5.74. The highest BCUT2D eigenvalue weighted by atomic mass is 32.2. The lowest BCUT2D eigenvalue weighted by atomic mass is 10.1. The normalized spacial score (nSPS) is 10.9. The molecule has 0 aliphatic rings. The first-order valence-electron chi connectivity index (χ1n) is 9.71. The Bertz CT molecular complexity index is 1060. The Morgan fingerprint density at radius 3 is 1.94 bits per heavy atom. The monoisotopic (exact) mass is 462 g/mol. The van der Waals surface area contributed by atoms with Gasteiger partial charge in [-0.25, -0.2) is 18.0 Å². The summed E-state index contributed by atoms with van der Waals surface area (Å²) in [6, 6.07) is 11.1. The molecule has 0 aliphatic carbocycles. The van der Waals surface area contributed by atoms with Gasteiger partial charge in [0.15, 0.2) is 0 Å². The molecule has 0 fully saturated rings. The van der Waals surface area contributed by atoms with Crippen molar-refractivity contribution in [2.45, 2.75) is 19.8 Å². The van der Waals surface area contributed by atoms with Crippen molar-refractivity contribution in [1.82, 2.24) is 0 Å². The minimum absolute atomic E-state index is 0.0217. The summed E-state index contributed by atoms with van der Waals surface area (Å²) >= 11 is 0. The molecule has 1 amide bonds. The number of rotatable bonds is 9. The number of esters is 2. The van der Waals surface area contributed by atoms with Crippen LogP contribution in [0.25, 0.3) is 0 Å². The van der Waals surface area contributed by atoms with Crippen molar-refractivity contribution >= 4 is 39.2 Å². The summed E-state index contributed by atoms with van der Waals surface area (Å²) in [5.74, 6) is -1.75. The van der Waals surface area contributed by atoms with Crippen LogP contribution in [0.5, 0.6) is 0 Å². The van der Waals surface area contributed by atoms with E-state index in [0.717, 1.165) is 11.8 Å². The first-order chi connectivity index (χ1) is 15.0. The smallest absolute Gasteiger partial charge is 0.337 e. The average Bonchev–Trinajstić information content (AvgIpc) is 2.75. The molecule has 0 saturated carbocycles. The molecule has 2 aromatic rings. The molecule has 0 aromatic heterocycles. The van der Waals surface area contributed by atoms with Crippen molar-refractivity contribution in [2.24, 2.45) is 0 Å². The Labute approximate surface area is 187 Å². The summed E-state index contributed by atoms with van der Waals surface area (Å²) in [5, 5.41) is 2.62. The summed E-state index contributed by atoms with van der Waals surface area (Å²) < 4.78 is 34.9. The molecule has 1 N–H and O–H groups in total. The molecule has 172 valence electrons. The van der Waals surface area contributed by atoms with Crippen molar-refractivity contribution in [1.29, 1.82) is 0 Å². The van der Waals surface area contributed by atoms with Gasteiger partial charge < -0.3 is 14.8 Å². The number of anilines is 2. The maximum atomic E-state index is 12.4. The van der Waals surface area contributed by atoms with E-state index in [9.17, 15) is 22.8 Å². The van der Waals surface area contributed by atoms with Gasteiger partial charge in [-0.2, -0.15) is 0 Å². The van der Waals surface area contributed by atoms with E-state index in [-0.39, 0.29) is 36.2 Å². The molecule has 0 radical (unpaired) electrons. The summed E-state index contributed by atoms with van der Waals surface area (Å²) in [5.41, 5.74) is 1.90. The first-order valence-corrected chi connectivity index (χ1v) is 11.6. The lowest BCUT2D eigenvalue weighted by Gasteiger charge is -2.22. The van der Waals surface area contributed by atoms with Crippen LogP contribution in [0, 0.1) is 6.92 Å². The third-order valence-electron chi connectivity index (χ3n) is 4.55. The second kappa shape index (κ2) is 10.8. The zero-order valence-electron chi connectivity index (χ0n) is 18.4. The molecule has 2 rings (SSSR count). The van der Waals surface area contributed by atoms with Crippen molar-refractivity contribution in [3.63, 3.8) is 0 Å². The molecule has 0 aliphatic heterocycles. The van der Waals surface area contributed by atoms with E-state index in [1.54, 1.807) is 12.1 Å². The molecule has 9 nitrogen and oxygen atoms in total. The summed E-state index contributed by atoms with van der Waals surface area (Å²) in [7, 11) is -1.12. The van der Waals surface area contributed by atoms with Gasteiger partial charge in [-0.15, -0.1) is 0 Å². The number of hydrogen-bond acceptors (Lipinski definition) is 7. The molecule has 0 heterocycles. The fourth-order valence-electron chi connectivity index (χ4n) is 2.98. The summed E-state index contributed by atoms with van der Waals surface area (Å²) in [6.45, 7) is 2.02. The second-order valence-corrected chi connectivity index (χ2v) is 9.01. The van der Waals surface area contributed by atoms with E-state index in [0.29, 0.717) is 5.69 Å². The number of carbonyl (C=O) groups is 3. The average molecular weight is 463 g/mol. The topological polar surface area (TPSA) is 119 Å². The maximum Gasteiger partial charge on any atom is 0.337 e. The maximum absolute atomic E-state index is 12.4. The number of hydrogen-bond donors (Lipinski definition) is 1. The number of methoxy groups -OCH3 is 2. The molecule has 0 spiro atoms. The fraction of sp³-hybridized carbons (Fsp3) is 0.318. The van der Waals surface area contributed by atoms with Gasteiger partial charge in [0, 0.05) is 18.7 Å². The Balaban J connectivity index is 2.09. The summed E-state index contributed by atoms with van der Waals surface area (Å²) in [6.07, 6.45) is 1.39. The van der Waals surface area contributed by atoms with Crippen LogP contribution in [0.2, 0.25) is 0 Å². The fourth-order valence-corrected chi connectivity index (χ4v) is 3.94. The Kier molecular flexibility index (Phi) is 8.36. The van der Waals surface area contributed by atoms with Crippen molar-refractivity contribution < 1.29 is 32.3 Å². The number of sulfonamides is 1. The first kappa shape index (κ1) is 24.9. The lowest BCUT2D eigenvalue weighted by Crippen LogP contribution is -2.31. The van der Waals surface area contributed by atoms with Crippen molar-refractivity contribution in [3.8, 4) is 0 Å². The zero-order valence-corrected chi connectivity index (χ0v) is 19.2. The standard InChI is InChI=1S/C22H26N2O7S/c1-15-7-9-19(10-8-15)24(32(4,28)29)11-5-6-20(25)23-18-13-16(21(26)30-2)12-17(14-18)22(27)31-3/h7-10,12-14H,5-6,11H2,1-4H3,(H,23,25). The number of aryl methyl sites for hydroxylation is 1. The molecule has 0 unspecified atom stereocenters. The van der Waals surface area contributed by atoms with E-state index >= 15 is 0 Å². The highest BCUT2D eigenvalue weighted by molar-refractivity contribution is 7.92. The van der Waals surface area contributed by atoms with Gasteiger partial charge >= 0.3 is 11.9 Å². The van der Waals surface area contributed by atoms with Crippen molar-refractivity contribution in [2.75, 3.05) is 36.6 Å². The Morgan fingerprint density at radius 1 is 0.938 bits per heavy atom. The van der Waals surface area contributed by atoms with Crippen LogP contribution in [0.1, 0.15) is 39.1 Å². The van der Waals surface area contributed by atoms with Gasteiger partial charge in [-0.05, 0) is 43.7 Å². The third kappa shape index (κ3) is 6.81. The van der Waals surface area contributed by atoms with Crippen molar-refractivity contribution in [3.05, 3.63) is 59.2 Å². The lowest BCUT2D eigenvalue weighted by molar-refractivity contribution is -0.116. The Morgan fingerprint density at radius 2 is 1.47 bits per heavy atom. The largest absolute Gasteiger partial charge is 0.465 e. The number of benzene rings is 2. The molecule has 2 aromatic carbocycles. The van der Waals surface area contributed by atoms with Crippen LogP contribution in [0.3, 0.4) is 0 Å². The van der Waals surface area contributed by atoms with Crippen LogP contribution in [0.15, 0.2) is 42.5 Å². The molecule has 0 atom stereocenters. The number of ether oxygens (including phenoxy) is 2. The van der Waals surface area contributed by atoms with Gasteiger partial charge in [0.2, 0.25) is 15.9 Å². The quantitative estimate of drug-likeness (QED) is 0.569. The van der Waals surface area contributed by atoms with Crippen LogP contribution < -0.4 is 9.62 Å². The van der Waals surface area contributed by atoms with Crippen LogP contribution in [-0.4, -0.2) is 53.3 Å². The van der Waals surface area contributed by atoms with Gasteiger partial charge in [0.1, 0.15) is 0 Å². The molecule has 0 saturated heterocycles. The van der Waals surface area contributed by atoms with E-state index in [1.165, 1.54) is 36.7 Å². The van der Waals surface area contributed by atoms with Crippen LogP contribution in [-0.2, 0) is 24.3 Å². The number of nitrogens with one attached hydrogen (secondary N) is 1. The minimum atomic E-state index is -3.52. The van der Waals surface area contributed by atoms with Gasteiger partial charge in [0.05, 0.1) is 37.3 Å². The summed E-state index contributed by atoms with van der Waals surface area (Å²) in [4.78, 5) is 36.1. The van der Waals surface area contributed by atoms with Gasteiger partial charge in [-0.3, -0.25) is 9.10 Å². The second-order valence-electron chi connectivity index (χ2n) is 7.10. The van der Waals surface area contributed by atoms with E-state index < -0.39 is 27.9 Å². The van der Waals surface area contributed by atoms with E-state index in [1.807, 2.05) is 19.1 Å². The number of nitrogens with zero attached hydrogens (tertiary/aromatic N) is 1.